The fourth-order valence-electron chi connectivity index (χ4n) is 3.00. The second-order valence-corrected chi connectivity index (χ2v) is 8.06. The van der Waals surface area contributed by atoms with Crippen LogP contribution < -0.4 is 16.4 Å². The molecule has 0 aliphatic heterocycles. The highest BCUT2D eigenvalue weighted by atomic mass is 32.1. The summed E-state index contributed by atoms with van der Waals surface area (Å²) in [5.41, 5.74) is 7.82. The Labute approximate surface area is 216 Å². The normalized spacial score (nSPS) is 12.6. The van der Waals surface area contributed by atoms with Crippen molar-refractivity contribution >= 4 is 47.8 Å². The van der Waals surface area contributed by atoms with Crippen molar-refractivity contribution in [1.29, 1.82) is 5.26 Å². The molecule has 0 saturated carbocycles. The summed E-state index contributed by atoms with van der Waals surface area (Å²) in [6, 6.07) is 19.9. The number of amides is 1. The largest absolute Gasteiger partial charge is 0.416 e. The highest BCUT2D eigenvalue weighted by Gasteiger charge is 2.29. The van der Waals surface area contributed by atoms with Crippen LogP contribution in [0.3, 0.4) is 0 Å². The van der Waals surface area contributed by atoms with Gasteiger partial charge in [-0.3, -0.25) is 4.79 Å². The van der Waals surface area contributed by atoms with Gasteiger partial charge in [-0.2, -0.15) is 18.4 Å². The van der Waals surface area contributed by atoms with E-state index in [1.807, 2.05) is 31.2 Å². The molecule has 0 fully saturated rings. The van der Waals surface area contributed by atoms with Crippen molar-refractivity contribution in [1.82, 2.24) is 0 Å². The van der Waals surface area contributed by atoms with Crippen LogP contribution in [0.5, 0.6) is 0 Å². The molecule has 0 aromatic heterocycles. The molecule has 0 saturated heterocycles. The highest BCUT2D eigenvalue weighted by molar-refractivity contribution is 7.84. The number of thiol groups is 1. The SMILES string of the molecule is Cc1ccccc1N/C(S)=C(\C#N)C(=O)Nc1ccc(C(N)=NC=Nc2ccc(C(F)(F)F)cc2)cc1. The van der Waals surface area contributed by atoms with Crippen LogP contribution in [0.15, 0.2) is 93.4 Å². The van der Waals surface area contributed by atoms with Gasteiger partial charge in [0.25, 0.3) is 5.91 Å². The number of aliphatic imine (C=N–C) groups is 2. The average molecular weight is 523 g/mol. The van der Waals surface area contributed by atoms with Crippen molar-refractivity contribution in [2.75, 3.05) is 10.6 Å². The zero-order valence-corrected chi connectivity index (χ0v) is 20.3. The van der Waals surface area contributed by atoms with E-state index in [-0.39, 0.29) is 22.1 Å². The summed E-state index contributed by atoms with van der Waals surface area (Å²) in [5.74, 6) is -0.544. The van der Waals surface area contributed by atoms with Crippen molar-refractivity contribution in [2.45, 2.75) is 13.1 Å². The Bertz CT molecular complexity index is 1410. The van der Waals surface area contributed by atoms with Crippen molar-refractivity contribution in [2.24, 2.45) is 15.7 Å². The Morgan fingerprint density at radius 3 is 2.27 bits per heavy atom. The predicted octanol–water partition coefficient (Wildman–Crippen LogP) is 5.79. The van der Waals surface area contributed by atoms with Crippen LogP contribution in [0.1, 0.15) is 16.7 Å². The van der Waals surface area contributed by atoms with Crippen LogP contribution in [0.4, 0.5) is 30.2 Å². The van der Waals surface area contributed by atoms with Gasteiger partial charge in [0.2, 0.25) is 0 Å². The number of carbonyl (C=O) groups is 1. The lowest BCUT2D eigenvalue weighted by molar-refractivity contribution is -0.137. The molecule has 7 nitrogen and oxygen atoms in total. The Balaban J connectivity index is 1.65. The standard InChI is InChI=1S/C26H21F3N6OS/c1-16-4-2-3-5-22(16)35-25(37)21(14-30)24(36)34-20-10-6-17(7-11-20)23(31)33-15-32-19-12-8-18(9-13-19)26(27,28)29/h2-13,15,35,37H,1H3,(H,34,36)(H2,31,32,33)/b25-21-. The first-order valence-electron chi connectivity index (χ1n) is 10.7. The number of aryl methyl sites for hydroxylation is 1. The quantitative estimate of drug-likeness (QED) is 0.103. The van der Waals surface area contributed by atoms with Crippen molar-refractivity contribution < 1.29 is 18.0 Å². The summed E-state index contributed by atoms with van der Waals surface area (Å²) in [6.45, 7) is 1.88. The van der Waals surface area contributed by atoms with Crippen LogP contribution in [-0.2, 0) is 11.0 Å². The zero-order chi connectivity index (χ0) is 27.0. The topological polar surface area (TPSA) is 116 Å². The van der Waals surface area contributed by atoms with Gasteiger partial charge in [0, 0.05) is 16.9 Å². The van der Waals surface area contributed by atoms with Crippen molar-refractivity contribution in [3.8, 4) is 6.07 Å². The van der Waals surface area contributed by atoms with Gasteiger partial charge in [-0.15, -0.1) is 12.6 Å². The first kappa shape index (κ1) is 27.0. The molecule has 0 spiro atoms. The summed E-state index contributed by atoms with van der Waals surface area (Å²) < 4.78 is 37.9. The molecule has 188 valence electrons. The zero-order valence-electron chi connectivity index (χ0n) is 19.4. The number of nitrogens with one attached hydrogen (secondary N) is 2. The predicted molar refractivity (Wildman–Crippen MR) is 142 cm³/mol. The Morgan fingerprint density at radius 1 is 1.03 bits per heavy atom. The van der Waals surface area contributed by atoms with Crippen molar-refractivity contribution in [3.05, 3.63) is 100 Å². The Hall–Kier alpha value is -4.56. The van der Waals surface area contributed by atoms with Gasteiger partial charge in [-0.1, -0.05) is 18.2 Å². The molecule has 0 aliphatic rings. The Kier molecular flexibility index (Phi) is 8.71. The fourth-order valence-corrected chi connectivity index (χ4v) is 3.27. The minimum Gasteiger partial charge on any atom is -0.383 e. The lowest BCUT2D eigenvalue weighted by Crippen LogP contribution is -2.17. The van der Waals surface area contributed by atoms with Gasteiger partial charge in [0.15, 0.2) is 0 Å². The van der Waals surface area contributed by atoms with Gasteiger partial charge in [0.1, 0.15) is 23.8 Å². The second-order valence-electron chi connectivity index (χ2n) is 7.61. The summed E-state index contributed by atoms with van der Waals surface area (Å²) in [7, 11) is 0. The van der Waals surface area contributed by atoms with E-state index in [1.54, 1.807) is 30.3 Å². The third kappa shape index (κ3) is 7.46. The molecule has 0 aliphatic carbocycles. The van der Waals surface area contributed by atoms with E-state index < -0.39 is 17.6 Å². The number of nitrogens with two attached hydrogens (primary N) is 1. The average Bonchev–Trinajstić information content (AvgIpc) is 2.86. The smallest absolute Gasteiger partial charge is 0.383 e. The second kappa shape index (κ2) is 11.9. The molecule has 3 aromatic carbocycles. The maximum atomic E-state index is 12.6. The lowest BCUT2D eigenvalue weighted by Gasteiger charge is -2.11. The van der Waals surface area contributed by atoms with Crippen LogP contribution >= 0.6 is 12.6 Å². The minimum absolute atomic E-state index is 0.103. The molecule has 4 N–H and O–H groups in total. The number of nitriles is 1. The third-order valence-electron chi connectivity index (χ3n) is 5.01. The minimum atomic E-state index is -4.42. The number of para-hydroxylation sites is 1. The number of carbonyl (C=O) groups excluding carboxylic acids is 1. The monoisotopic (exact) mass is 522 g/mol. The summed E-state index contributed by atoms with van der Waals surface area (Å²) in [4.78, 5) is 20.6. The summed E-state index contributed by atoms with van der Waals surface area (Å²) in [5, 5.41) is 15.2. The maximum absolute atomic E-state index is 12.6. The molecule has 0 heterocycles. The third-order valence-corrected chi connectivity index (χ3v) is 5.35. The number of benzene rings is 3. The molecule has 0 unspecified atom stereocenters. The van der Waals surface area contributed by atoms with E-state index in [4.69, 9.17) is 5.73 Å². The van der Waals surface area contributed by atoms with Crippen LogP contribution in [0.2, 0.25) is 0 Å². The first-order valence-corrected chi connectivity index (χ1v) is 11.1. The van der Waals surface area contributed by atoms with Crippen LogP contribution in [0.25, 0.3) is 0 Å². The van der Waals surface area contributed by atoms with E-state index in [2.05, 4.69) is 33.2 Å². The number of nitrogens with zero attached hydrogens (tertiary/aromatic N) is 3. The first-order chi connectivity index (χ1) is 17.6. The van der Waals surface area contributed by atoms with Gasteiger partial charge < -0.3 is 16.4 Å². The van der Waals surface area contributed by atoms with Crippen LogP contribution in [0, 0.1) is 18.3 Å². The molecule has 1 amide bonds. The molecule has 37 heavy (non-hydrogen) atoms. The Morgan fingerprint density at radius 2 is 1.68 bits per heavy atom. The summed E-state index contributed by atoms with van der Waals surface area (Å²) in [6.07, 6.45) is -3.29. The van der Waals surface area contributed by atoms with E-state index in [9.17, 15) is 23.2 Å². The molecule has 0 atom stereocenters. The maximum Gasteiger partial charge on any atom is 0.416 e. The van der Waals surface area contributed by atoms with Gasteiger partial charge in [-0.05, 0) is 67.1 Å². The van der Waals surface area contributed by atoms with Gasteiger partial charge in [-0.25, -0.2) is 9.98 Å². The van der Waals surface area contributed by atoms with Gasteiger partial charge >= 0.3 is 6.18 Å². The molecule has 0 radical (unpaired) electrons. The number of rotatable bonds is 7. The molecule has 3 rings (SSSR count). The molecule has 0 bridgehead atoms. The number of halogens is 3. The van der Waals surface area contributed by atoms with Crippen molar-refractivity contribution in [3.63, 3.8) is 0 Å². The van der Waals surface area contributed by atoms with E-state index in [1.165, 1.54) is 12.1 Å². The number of hydrogen-bond donors (Lipinski definition) is 4. The number of anilines is 2. The van der Waals surface area contributed by atoms with E-state index in [0.29, 0.717) is 16.9 Å². The molecular formula is C26H21F3N6OS. The van der Waals surface area contributed by atoms with Crippen LogP contribution in [-0.4, -0.2) is 18.1 Å². The fraction of sp³-hybridized carbons (Fsp3) is 0.0769. The number of amidine groups is 1. The molecule has 3 aromatic rings. The number of alkyl halides is 3. The highest BCUT2D eigenvalue weighted by Crippen LogP contribution is 2.30. The summed E-state index contributed by atoms with van der Waals surface area (Å²) >= 11 is 4.28. The lowest BCUT2D eigenvalue weighted by atomic mass is 10.2. The van der Waals surface area contributed by atoms with E-state index in [0.717, 1.165) is 24.0 Å². The molecular weight excluding hydrogens is 501 g/mol. The molecule has 11 heteroatoms. The number of hydrogen-bond acceptors (Lipinski definition) is 5. The van der Waals surface area contributed by atoms with Gasteiger partial charge in [0.05, 0.1) is 16.3 Å². The van der Waals surface area contributed by atoms with E-state index >= 15 is 0 Å².